The number of esters is 1. The number of rotatable bonds is 7. The van der Waals surface area contributed by atoms with E-state index in [-0.39, 0.29) is 5.97 Å². The van der Waals surface area contributed by atoms with Crippen LogP contribution in [0, 0.1) is 11.8 Å². The van der Waals surface area contributed by atoms with E-state index in [0.29, 0.717) is 13.0 Å². The van der Waals surface area contributed by atoms with E-state index in [2.05, 4.69) is 23.8 Å². The molecule has 22 heavy (non-hydrogen) atoms. The second kappa shape index (κ2) is 9.51. The van der Waals surface area contributed by atoms with Crippen molar-refractivity contribution in [2.75, 3.05) is 46.4 Å². The Morgan fingerprint density at radius 1 is 1.05 bits per heavy atom. The third-order valence-corrected chi connectivity index (χ3v) is 5.46. The number of likely N-dealkylation sites (tertiary alicyclic amines) is 2. The summed E-state index contributed by atoms with van der Waals surface area (Å²) in [6.45, 7) is 8.46. The Kier molecular flexibility index (Phi) is 7.67. The van der Waals surface area contributed by atoms with E-state index < -0.39 is 0 Å². The molecule has 0 radical (unpaired) electrons. The fraction of sp³-hybridized carbons (Fsp3) is 0.944. The first-order valence-corrected chi connectivity index (χ1v) is 9.25. The smallest absolute Gasteiger partial charge is 0.307 e. The third kappa shape index (κ3) is 5.88. The lowest BCUT2D eigenvalue weighted by molar-refractivity contribution is -0.144. The monoisotopic (exact) mass is 310 g/mol. The molecule has 4 nitrogen and oxygen atoms in total. The van der Waals surface area contributed by atoms with Gasteiger partial charge in [-0.3, -0.25) is 4.79 Å². The van der Waals surface area contributed by atoms with Crippen LogP contribution >= 0.6 is 0 Å². The lowest BCUT2D eigenvalue weighted by atomic mass is 9.79. The highest BCUT2D eigenvalue weighted by molar-refractivity contribution is 5.69. The minimum absolute atomic E-state index is 0.0223. The molecule has 2 aliphatic heterocycles. The maximum Gasteiger partial charge on any atom is 0.307 e. The van der Waals surface area contributed by atoms with E-state index in [1.165, 1.54) is 51.9 Å². The number of carbonyl (C=O) groups is 1. The summed E-state index contributed by atoms with van der Waals surface area (Å²) in [5.74, 6) is 1.84. The van der Waals surface area contributed by atoms with Gasteiger partial charge in [-0.15, -0.1) is 0 Å². The predicted molar refractivity (Wildman–Crippen MR) is 89.9 cm³/mol. The van der Waals surface area contributed by atoms with Crippen molar-refractivity contribution in [3.8, 4) is 0 Å². The van der Waals surface area contributed by atoms with E-state index in [0.717, 1.165) is 31.2 Å². The molecule has 0 atom stereocenters. The summed E-state index contributed by atoms with van der Waals surface area (Å²) in [6, 6.07) is 0. The van der Waals surface area contributed by atoms with Gasteiger partial charge in [-0.05, 0) is 77.2 Å². The van der Waals surface area contributed by atoms with Crippen LogP contribution in [0.2, 0.25) is 0 Å². The van der Waals surface area contributed by atoms with Gasteiger partial charge < -0.3 is 14.5 Å². The fourth-order valence-electron chi connectivity index (χ4n) is 3.80. The molecule has 0 saturated carbocycles. The molecule has 0 aliphatic carbocycles. The van der Waals surface area contributed by atoms with Gasteiger partial charge in [-0.2, -0.15) is 0 Å². The molecule has 0 aromatic heterocycles. The Labute approximate surface area is 136 Å². The highest BCUT2D eigenvalue weighted by atomic mass is 16.5. The standard InChI is InChI=1S/C18H34N2O2/c1-3-4-15-22-18(21)9-14-20-12-7-17(8-13-20)16-5-10-19(2)11-6-16/h16-17H,3-15H2,1-2H3. The van der Waals surface area contributed by atoms with Gasteiger partial charge in [0, 0.05) is 6.54 Å². The lowest BCUT2D eigenvalue weighted by Gasteiger charge is -2.39. The van der Waals surface area contributed by atoms with Gasteiger partial charge in [-0.25, -0.2) is 0 Å². The molecule has 0 aromatic carbocycles. The second-order valence-corrected chi connectivity index (χ2v) is 7.14. The number of unbranched alkanes of at least 4 members (excludes halogenated alkanes) is 1. The first-order chi connectivity index (χ1) is 10.7. The summed E-state index contributed by atoms with van der Waals surface area (Å²) in [4.78, 5) is 16.6. The maximum atomic E-state index is 11.6. The maximum absolute atomic E-state index is 11.6. The van der Waals surface area contributed by atoms with Gasteiger partial charge in [0.1, 0.15) is 0 Å². The van der Waals surface area contributed by atoms with Crippen LogP contribution in [0.1, 0.15) is 51.9 Å². The number of piperidine rings is 2. The first kappa shape index (κ1) is 17.7. The summed E-state index contributed by atoms with van der Waals surface area (Å²) in [7, 11) is 2.23. The van der Waals surface area contributed by atoms with Crippen LogP contribution in [-0.2, 0) is 9.53 Å². The summed E-state index contributed by atoms with van der Waals surface area (Å²) in [5.41, 5.74) is 0. The van der Waals surface area contributed by atoms with Gasteiger partial charge in [0.05, 0.1) is 13.0 Å². The molecule has 0 unspecified atom stereocenters. The number of ether oxygens (including phenoxy) is 1. The van der Waals surface area contributed by atoms with Crippen LogP contribution in [0.15, 0.2) is 0 Å². The van der Waals surface area contributed by atoms with Crippen molar-refractivity contribution in [3.63, 3.8) is 0 Å². The van der Waals surface area contributed by atoms with E-state index in [1.54, 1.807) is 0 Å². The molecule has 0 amide bonds. The normalized spacial score (nSPS) is 22.8. The summed E-state index contributed by atoms with van der Waals surface area (Å²) < 4.78 is 5.23. The van der Waals surface area contributed by atoms with Crippen LogP contribution in [0.4, 0.5) is 0 Å². The van der Waals surface area contributed by atoms with Crippen molar-refractivity contribution >= 4 is 5.97 Å². The largest absolute Gasteiger partial charge is 0.466 e. The Bertz CT molecular complexity index is 319. The molecular formula is C18H34N2O2. The van der Waals surface area contributed by atoms with Crippen LogP contribution < -0.4 is 0 Å². The highest BCUT2D eigenvalue weighted by Gasteiger charge is 2.28. The SMILES string of the molecule is CCCCOC(=O)CCN1CCC(C2CCN(C)CC2)CC1. The molecule has 2 rings (SSSR count). The Morgan fingerprint density at radius 3 is 2.23 bits per heavy atom. The van der Waals surface area contributed by atoms with E-state index >= 15 is 0 Å². The lowest BCUT2D eigenvalue weighted by Crippen LogP contribution is -2.40. The van der Waals surface area contributed by atoms with Crippen molar-refractivity contribution in [3.05, 3.63) is 0 Å². The minimum Gasteiger partial charge on any atom is -0.466 e. The van der Waals surface area contributed by atoms with Crippen LogP contribution in [0.5, 0.6) is 0 Å². The van der Waals surface area contributed by atoms with E-state index in [9.17, 15) is 4.79 Å². The third-order valence-electron chi connectivity index (χ3n) is 5.46. The van der Waals surface area contributed by atoms with Crippen molar-refractivity contribution in [1.82, 2.24) is 9.80 Å². The molecule has 2 heterocycles. The highest BCUT2D eigenvalue weighted by Crippen LogP contribution is 2.32. The molecule has 0 N–H and O–H groups in total. The molecule has 4 heteroatoms. The average Bonchev–Trinajstić information content (AvgIpc) is 2.54. The topological polar surface area (TPSA) is 32.8 Å². The first-order valence-electron chi connectivity index (χ1n) is 9.25. The number of hydrogen-bond acceptors (Lipinski definition) is 4. The molecular weight excluding hydrogens is 276 g/mol. The summed E-state index contributed by atoms with van der Waals surface area (Å²) >= 11 is 0. The fourth-order valence-corrected chi connectivity index (χ4v) is 3.80. The van der Waals surface area contributed by atoms with Crippen molar-refractivity contribution in [2.24, 2.45) is 11.8 Å². The van der Waals surface area contributed by atoms with Crippen molar-refractivity contribution in [1.29, 1.82) is 0 Å². The Balaban J connectivity index is 1.58. The van der Waals surface area contributed by atoms with Crippen molar-refractivity contribution < 1.29 is 9.53 Å². The van der Waals surface area contributed by atoms with Gasteiger partial charge in [0.25, 0.3) is 0 Å². The summed E-state index contributed by atoms with van der Waals surface area (Å²) in [6.07, 6.45) is 8.02. The molecule has 2 saturated heterocycles. The second-order valence-electron chi connectivity index (χ2n) is 7.14. The van der Waals surface area contributed by atoms with Gasteiger partial charge in [-0.1, -0.05) is 13.3 Å². The Hall–Kier alpha value is -0.610. The zero-order valence-corrected chi connectivity index (χ0v) is 14.6. The van der Waals surface area contributed by atoms with Crippen LogP contribution in [0.3, 0.4) is 0 Å². The molecule has 2 aliphatic rings. The number of nitrogens with zero attached hydrogens (tertiary/aromatic N) is 2. The Morgan fingerprint density at radius 2 is 1.64 bits per heavy atom. The average molecular weight is 310 g/mol. The quantitative estimate of drug-likeness (QED) is 0.535. The van der Waals surface area contributed by atoms with Crippen LogP contribution in [-0.4, -0.2) is 62.1 Å². The zero-order chi connectivity index (χ0) is 15.8. The molecule has 2 fully saturated rings. The van der Waals surface area contributed by atoms with E-state index in [4.69, 9.17) is 4.74 Å². The molecule has 128 valence electrons. The predicted octanol–water partition coefficient (Wildman–Crippen LogP) is 2.77. The molecule has 0 aromatic rings. The van der Waals surface area contributed by atoms with Gasteiger partial charge >= 0.3 is 5.97 Å². The minimum atomic E-state index is -0.0223. The van der Waals surface area contributed by atoms with Crippen molar-refractivity contribution in [2.45, 2.75) is 51.9 Å². The molecule has 0 bridgehead atoms. The number of hydrogen-bond donors (Lipinski definition) is 0. The van der Waals surface area contributed by atoms with Crippen LogP contribution in [0.25, 0.3) is 0 Å². The van der Waals surface area contributed by atoms with E-state index in [1.807, 2.05) is 0 Å². The van der Waals surface area contributed by atoms with Gasteiger partial charge in [0.2, 0.25) is 0 Å². The zero-order valence-electron chi connectivity index (χ0n) is 14.6. The van der Waals surface area contributed by atoms with Gasteiger partial charge in [0.15, 0.2) is 0 Å². The molecule has 0 spiro atoms. The summed E-state index contributed by atoms with van der Waals surface area (Å²) in [5, 5.41) is 0. The number of carbonyl (C=O) groups excluding carboxylic acids is 1.